The second-order valence-electron chi connectivity index (χ2n) is 3.94. The van der Waals surface area contributed by atoms with Gasteiger partial charge in [-0.2, -0.15) is 0 Å². The SMILES string of the molecule is COc1ccn2cc(-c3ccccc3Cl)nc2c1. The largest absolute Gasteiger partial charge is 0.497 e. The first-order valence-electron chi connectivity index (χ1n) is 5.55. The molecule has 0 saturated carbocycles. The highest BCUT2D eigenvalue weighted by Crippen LogP contribution is 2.27. The average Bonchev–Trinajstić information content (AvgIpc) is 2.81. The number of ether oxygens (including phenoxy) is 1. The molecule has 1 aromatic carbocycles. The number of hydrogen-bond acceptors (Lipinski definition) is 2. The molecule has 0 bridgehead atoms. The van der Waals surface area contributed by atoms with E-state index in [1.165, 1.54) is 0 Å². The molecule has 0 aliphatic rings. The highest BCUT2D eigenvalue weighted by atomic mass is 35.5. The molecule has 0 saturated heterocycles. The van der Waals surface area contributed by atoms with Crippen molar-refractivity contribution in [2.75, 3.05) is 7.11 Å². The van der Waals surface area contributed by atoms with Gasteiger partial charge in [0.25, 0.3) is 0 Å². The first-order valence-corrected chi connectivity index (χ1v) is 5.93. The van der Waals surface area contributed by atoms with Crippen LogP contribution in [0, 0.1) is 0 Å². The fourth-order valence-electron chi connectivity index (χ4n) is 1.89. The van der Waals surface area contributed by atoms with E-state index in [2.05, 4.69) is 4.98 Å². The van der Waals surface area contributed by atoms with Gasteiger partial charge in [-0.3, -0.25) is 0 Å². The molecule has 0 fully saturated rings. The fourth-order valence-corrected chi connectivity index (χ4v) is 2.12. The minimum atomic E-state index is 0.702. The number of benzene rings is 1. The summed E-state index contributed by atoms with van der Waals surface area (Å²) in [6, 6.07) is 11.5. The Morgan fingerprint density at radius 1 is 1.22 bits per heavy atom. The molecule has 4 heteroatoms. The van der Waals surface area contributed by atoms with Gasteiger partial charge in [0, 0.05) is 24.0 Å². The van der Waals surface area contributed by atoms with Gasteiger partial charge < -0.3 is 9.14 Å². The van der Waals surface area contributed by atoms with Crippen molar-refractivity contribution in [1.29, 1.82) is 0 Å². The molecular weight excluding hydrogens is 248 g/mol. The van der Waals surface area contributed by atoms with E-state index >= 15 is 0 Å². The molecule has 2 heterocycles. The Morgan fingerprint density at radius 2 is 2.06 bits per heavy atom. The van der Waals surface area contributed by atoms with Crippen LogP contribution in [0.4, 0.5) is 0 Å². The zero-order chi connectivity index (χ0) is 12.5. The van der Waals surface area contributed by atoms with Crippen molar-refractivity contribution in [2.45, 2.75) is 0 Å². The zero-order valence-corrected chi connectivity index (χ0v) is 10.6. The van der Waals surface area contributed by atoms with Crippen LogP contribution in [-0.2, 0) is 0 Å². The van der Waals surface area contributed by atoms with Gasteiger partial charge in [-0.1, -0.05) is 29.8 Å². The van der Waals surface area contributed by atoms with Crippen LogP contribution in [0.5, 0.6) is 5.75 Å². The van der Waals surface area contributed by atoms with Gasteiger partial charge in [-0.05, 0) is 12.1 Å². The van der Waals surface area contributed by atoms with Crippen molar-refractivity contribution in [2.24, 2.45) is 0 Å². The van der Waals surface area contributed by atoms with E-state index in [1.54, 1.807) is 7.11 Å². The van der Waals surface area contributed by atoms with Crippen LogP contribution >= 0.6 is 11.6 Å². The van der Waals surface area contributed by atoms with E-state index in [-0.39, 0.29) is 0 Å². The van der Waals surface area contributed by atoms with E-state index in [4.69, 9.17) is 16.3 Å². The van der Waals surface area contributed by atoms with Crippen LogP contribution in [0.2, 0.25) is 5.02 Å². The second kappa shape index (κ2) is 4.35. The molecule has 0 radical (unpaired) electrons. The molecule has 3 nitrogen and oxygen atoms in total. The Balaban J connectivity index is 2.17. The predicted molar refractivity (Wildman–Crippen MR) is 72.2 cm³/mol. The second-order valence-corrected chi connectivity index (χ2v) is 4.35. The molecule has 0 unspecified atom stereocenters. The van der Waals surface area contributed by atoms with E-state index in [1.807, 2.05) is 53.2 Å². The van der Waals surface area contributed by atoms with Crippen molar-refractivity contribution in [3.05, 3.63) is 53.8 Å². The summed E-state index contributed by atoms with van der Waals surface area (Å²) in [4.78, 5) is 4.55. The fraction of sp³-hybridized carbons (Fsp3) is 0.0714. The molecule has 3 rings (SSSR count). The minimum Gasteiger partial charge on any atom is -0.497 e. The monoisotopic (exact) mass is 258 g/mol. The van der Waals surface area contributed by atoms with Crippen molar-refractivity contribution in [1.82, 2.24) is 9.38 Å². The first kappa shape index (κ1) is 11.1. The summed E-state index contributed by atoms with van der Waals surface area (Å²) in [6.45, 7) is 0. The van der Waals surface area contributed by atoms with Gasteiger partial charge in [0.15, 0.2) is 0 Å². The van der Waals surface area contributed by atoms with Crippen LogP contribution < -0.4 is 4.74 Å². The van der Waals surface area contributed by atoms with Gasteiger partial charge in [-0.15, -0.1) is 0 Å². The number of hydrogen-bond donors (Lipinski definition) is 0. The van der Waals surface area contributed by atoms with E-state index in [0.29, 0.717) is 5.02 Å². The van der Waals surface area contributed by atoms with Crippen molar-refractivity contribution in [3.63, 3.8) is 0 Å². The average molecular weight is 259 g/mol. The Hall–Kier alpha value is -2.00. The highest BCUT2D eigenvalue weighted by molar-refractivity contribution is 6.33. The molecule has 0 atom stereocenters. The van der Waals surface area contributed by atoms with E-state index in [0.717, 1.165) is 22.7 Å². The van der Waals surface area contributed by atoms with Gasteiger partial charge in [0.2, 0.25) is 0 Å². The molecule has 0 N–H and O–H groups in total. The van der Waals surface area contributed by atoms with Gasteiger partial charge in [0.1, 0.15) is 11.4 Å². The van der Waals surface area contributed by atoms with Crippen LogP contribution in [-0.4, -0.2) is 16.5 Å². The molecular formula is C14H11ClN2O. The number of fused-ring (bicyclic) bond motifs is 1. The Morgan fingerprint density at radius 3 is 2.83 bits per heavy atom. The number of rotatable bonds is 2. The third kappa shape index (κ3) is 1.83. The quantitative estimate of drug-likeness (QED) is 0.701. The number of nitrogens with zero attached hydrogens (tertiary/aromatic N) is 2. The maximum atomic E-state index is 6.17. The summed E-state index contributed by atoms with van der Waals surface area (Å²) in [5, 5.41) is 0.702. The summed E-state index contributed by atoms with van der Waals surface area (Å²) in [6.07, 6.45) is 3.87. The Kier molecular flexibility index (Phi) is 2.68. The number of methoxy groups -OCH3 is 1. The standard InChI is InChI=1S/C14H11ClN2O/c1-18-10-6-7-17-9-13(16-14(17)8-10)11-4-2-3-5-12(11)15/h2-9H,1H3. The summed E-state index contributed by atoms with van der Waals surface area (Å²) in [5.41, 5.74) is 2.62. The highest BCUT2D eigenvalue weighted by Gasteiger charge is 2.07. The van der Waals surface area contributed by atoms with Gasteiger partial charge in [-0.25, -0.2) is 4.98 Å². The zero-order valence-electron chi connectivity index (χ0n) is 9.80. The molecule has 3 aromatic rings. The molecule has 2 aromatic heterocycles. The lowest BCUT2D eigenvalue weighted by molar-refractivity contribution is 0.414. The lowest BCUT2D eigenvalue weighted by Gasteiger charge is -1.98. The molecule has 0 aliphatic heterocycles. The van der Waals surface area contributed by atoms with Crippen LogP contribution in [0.3, 0.4) is 0 Å². The summed E-state index contributed by atoms with van der Waals surface area (Å²) < 4.78 is 7.13. The third-order valence-corrected chi connectivity index (χ3v) is 3.15. The van der Waals surface area contributed by atoms with Crippen molar-refractivity contribution in [3.8, 4) is 17.0 Å². The normalized spacial score (nSPS) is 10.8. The lowest BCUT2D eigenvalue weighted by Crippen LogP contribution is -1.86. The summed E-state index contributed by atoms with van der Waals surface area (Å²) in [7, 11) is 1.64. The topological polar surface area (TPSA) is 26.5 Å². The third-order valence-electron chi connectivity index (χ3n) is 2.82. The van der Waals surface area contributed by atoms with Crippen LogP contribution in [0.15, 0.2) is 48.8 Å². The molecule has 18 heavy (non-hydrogen) atoms. The summed E-state index contributed by atoms with van der Waals surface area (Å²) in [5.74, 6) is 0.791. The number of imidazole rings is 1. The number of pyridine rings is 1. The van der Waals surface area contributed by atoms with Gasteiger partial charge >= 0.3 is 0 Å². The molecule has 0 aliphatic carbocycles. The molecule has 0 amide bonds. The van der Waals surface area contributed by atoms with Crippen LogP contribution in [0.1, 0.15) is 0 Å². The van der Waals surface area contributed by atoms with Gasteiger partial charge in [0.05, 0.1) is 17.8 Å². The smallest absolute Gasteiger partial charge is 0.141 e. The van der Waals surface area contributed by atoms with Crippen molar-refractivity contribution >= 4 is 17.2 Å². The maximum absolute atomic E-state index is 6.17. The number of aromatic nitrogens is 2. The Labute approximate surface area is 110 Å². The lowest BCUT2D eigenvalue weighted by atomic mass is 10.2. The first-order chi connectivity index (χ1) is 8.78. The van der Waals surface area contributed by atoms with E-state index in [9.17, 15) is 0 Å². The minimum absolute atomic E-state index is 0.702. The van der Waals surface area contributed by atoms with E-state index < -0.39 is 0 Å². The molecule has 0 spiro atoms. The number of halogens is 1. The predicted octanol–water partition coefficient (Wildman–Crippen LogP) is 3.66. The Bertz CT molecular complexity index is 706. The molecule has 90 valence electrons. The summed E-state index contributed by atoms with van der Waals surface area (Å²) >= 11 is 6.17. The van der Waals surface area contributed by atoms with Crippen LogP contribution in [0.25, 0.3) is 16.9 Å². The van der Waals surface area contributed by atoms with Crippen molar-refractivity contribution < 1.29 is 4.74 Å². The maximum Gasteiger partial charge on any atom is 0.141 e.